The zero-order chi connectivity index (χ0) is 16.7. The minimum absolute atomic E-state index is 0.116. The largest absolute Gasteiger partial charge is 0.473 e. The Labute approximate surface area is 133 Å². The number of amides is 2. The first-order valence-corrected chi connectivity index (χ1v) is 7.30. The summed E-state index contributed by atoms with van der Waals surface area (Å²) < 4.78 is 32.1. The molecule has 2 aromatic carbocycles. The van der Waals surface area contributed by atoms with Gasteiger partial charge in [-0.05, 0) is 36.2 Å². The maximum atomic E-state index is 13.4. The van der Waals surface area contributed by atoms with Crippen LogP contribution in [0.1, 0.15) is 18.9 Å². The van der Waals surface area contributed by atoms with Crippen LogP contribution >= 0.6 is 0 Å². The number of urea groups is 1. The molecule has 23 heavy (non-hydrogen) atoms. The Morgan fingerprint density at radius 3 is 2.35 bits per heavy atom. The minimum atomic E-state index is -0.840. The summed E-state index contributed by atoms with van der Waals surface area (Å²) in [6, 6.07) is 10.1. The van der Waals surface area contributed by atoms with Crippen LogP contribution in [0.4, 0.5) is 19.3 Å². The highest BCUT2D eigenvalue weighted by Crippen LogP contribution is 2.17. The molecule has 0 aliphatic heterocycles. The second kappa shape index (κ2) is 8.12. The highest BCUT2D eigenvalue weighted by atomic mass is 19.1. The number of aryl methyl sites for hydroxylation is 1. The van der Waals surface area contributed by atoms with E-state index in [0.717, 1.165) is 25.0 Å². The molecule has 0 radical (unpaired) electrons. The number of halogens is 2. The van der Waals surface area contributed by atoms with Crippen molar-refractivity contribution < 1.29 is 18.3 Å². The van der Waals surface area contributed by atoms with Crippen molar-refractivity contribution in [3.63, 3.8) is 0 Å². The first-order chi connectivity index (χ1) is 11.1. The van der Waals surface area contributed by atoms with Crippen LogP contribution in [0, 0.1) is 11.6 Å². The Hall–Kier alpha value is -2.63. The minimum Gasteiger partial charge on any atom is -0.473 e. The topological polar surface area (TPSA) is 50.4 Å². The van der Waals surface area contributed by atoms with Gasteiger partial charge in [-0.3, -0.25) is 0 Å². The molecule has 0 bridgehead atoms. The van der Waals surface area contributed by atoms with Gasteiger partial charge in [0.15, 0.2) is 6.73 Å². The van der Waals surface area contributed by atoms with E-state index in [4.69, 9.17) is 4.74 Å². The summed E-state index contributed by atoms with van der Waals surface area (Å²) in [5, 5.41) is 4.48. The number of carbonyl (C=O) groups is 1. The number of anilines is 1. The van der Waals surface area contributed by atoms with E-state index in [1.54, 1.807) is 12.1 Å². The lowest BCUT2D eigenvalue weighted by Crippen LogP contribution is -2.32. The van der Waals surface area contributed by atoms with Gasteiger partial charge in [0.1, 0.15) is 23.1 Å². The number of hydrogen-bond donors (Lipinski definition) is 2. The lowest BCUT2D eigenvalue weighted by molar-refractivity contribution is 0.234. The van der Waals surface area contributed by atoms with Gasteiger partial charge >= 0.3 is 6.03 Å². The molecule has 0 saturated heterocycles. The molecule has 0 aromatic heterocycles. The van der Waals surface area contributed by atoms with E-state index < -0.39 is 23.4 Å². The smallest absolute Gasteiger partial charge is 0.322 e. The van der Waals surface area contributed by atoms with Gasteiger partial charge in [0.25, 0.3) is 0 Å². The van der Waals surface area contributed by atoms with Gasteiger partial charge in [0.05, 0.1) is 0 Å². The van der Waals surface area contributed by atoms with Gasteiger partial charge in [0.2, 0.25) is 0 Å². The van der Waals surface area contributed by atoms with Crippen molar-refractivity contribution in [3.8, 4) is 5.75 Å². The molecule has 0 fully saturated rings. The van der Waals surface area contributed by atoms with E-state index in [0.29, 0.717) is 5.75 Å². The molecule has 0 unspecified atom stereocenters. The van der Waals surface area contributed by atoms with E-state index in [9.17, 15) is 13.6 Å². The lowest BCUT2D eigenvalue weighted by atomic mass is 10.1. The molecule has 122 valence electrons. The van der Waals surface area contributed by atoms with Crippen molar-refractivity contribution in [2.24, 2.45) is 0 Å². The number of nitrogens with one attached hydrogen (secondary N) is 2. The van der Waals surface area contributed by atoms with Crippen molar-refractivity contribution in [1.82, 2.24) is 5.32 Å². The normalized spacial score (nSPS) is 10.2. The second-order valence-electron chi connectivity index (χ2n) is 4.91. The average molecular weight is 320 g/mol. The Balaban J connectivity index is 1.80. The van der Waals surface area contributed by atoms with Gasteiger partial charge in [-0.1, -0.05) is 31.5 Å². The molecule has 0 spiro atoms. The Morgan fingerprint density at radius 2 is 1.74 bits per heavy atom. The zero-order valence-electron chi connectivity index (χ0n) is 12.7. The number of hydrogen-bond acceptors (Lipinski definition) is 2. The lowest BCUT2D eigenvalue weighted by Gasteiger charge is -2.10. The maximum Gasteiger partial charge on any atom is 0.322 e. The molecule has 2 aromatic rings. The van der Waals surface area contributed by atoms with Crippen LogP contribution in [0.5, 0.6) is 5.75 Å². The van der Waals surface area contributed by atoms with Crippen molar-refractivity contribution >= 4 is 11.7 Å². The van der Waals surface area contributed by atoms with E-state index in [1.165, 1.54) is 11.6 Å². The number of carbonyl (C=O) groups excluding carboxylic acids is 1. The van der Waals surface area contributed by atoms with Crippen LogP contribution in [0.15, 0.2) is 42.5 Å². The van der Waals surface area contributed by atoms with E-state index in [-0.39, 0.29) is 6.73 Å². The van der Waals surface area contributed by atoms with Crippen LogP contribution in [0.3, 0.4) is 0 Å². The molecule has 2 rings (SSSR count). The monoisotopic (exact) mass is 320 g/mol. The first-order valence-electron chi connectivity index (χ1n) is 7.30. The van der Waals surface area contributed by atoms with Crippen LogP contribution in [-0.2, 0) is 6.42 Å². The fraction of sp³-hybridized carbons (Fsp3) is 0.235. The SMILES string of the molecule is CCCc1ccc(OCNC(=O)Nc2c(F)cccc2F)cc1. The Morgan fingerprint density at radius 1 is 1.09 bits per heavy atom. The van der Waals surface area contributed by atoms with Crippen LogP contribution in [0.2, 0.25) is 0 Å². The molecule has 0 aliphatic carbocycles. The van der Waals surface area contributed by atoms with Gasteiger partial charge in [0, 0.05) is 0 Å². The maximum absolute atomic E-state index is 13.4. The molecule has 4 nitrogen and oxygen atoms in total. The summed E-state index contributed by atoms with van der Waals surface area (Å²) >= 11 is 0. The highest BCUT2D eigenvalue weighted by Gasteiger charge is 2.11. The number of benzene rings is 2. The van der Waals surface area contributed by atoms with Gasteiger partial charge in [-0.2, -0.15) is 0 Å². The number of para-hydroxylation sites is 1. The first kappa shape index (κ1) is 16.7. The van der Waals surface area contributed by atoms with E-state index in [2.05, 4.69) is 17.6 Å². The Kier molecular flexibility index (Phi) is 5.91. The predicted octanol–water partition coefficient (Wildman–Crippen LogP) is 4.08. The predicted molar refractivity (Wildman–Crippen MR) is 84.4 cm³/mol. The van der Waals surface area contributed by atoms with Crippen molar-refractivity contribution in [1.29, 1.82) is 0 Å². The summed E-state index contributed by atoms with van der Waals surface area (Å²) in [6.45, 7) is 1.99. The fourth-order valence-corrected chi connectivity index (χ4v) is 2.00. The summed E-state index contributed by atoms with van der Waals surface area (Å²) in [6.07, 6.45) is 2.06. The van der Waals surface area contributed by atoms with Crippen LogP contribution in [-0.4, -0.2) is 12.8 Å². The molecule has 0 saturated carbocycles. The second-order valence-corrected chi connectivity index (χ2v) is 4.91. The summed E-state index contributed by atoms with van der Waals surface area (Å²) in [5.41, 5.74) is 0.717. The summed E-state index contributed by atoms with van der Waals surface area (Å²) in [7, 11) is 0. The highest BCUT2D eigenvalue weighted by molar-refractivity contribution is 5.89. The average Bonchev–Trinajstić information content (AvgIpc) is 2.53. The van der Waals surface area contributed by atoms with Crippen LogP contribution in [0.25, 0.3) is 0 Å². The number of rotatable bonds is 6. The molecule has 0 heterocycles. The van der Waals surface area contributed by atoms with Gasteiger partial charge in [-0.15, -0.1) is 0 Å². The third-order valence-electron chi connectivity index (χ3n) is 3.13. The molecule has 2 amide bonds. The zero-order valence-corrected chi connectivity index (χ0v) is 12.7. The summed E-state index contributed by atoms with van der Waals surface area (Å²) in [4.78, 5) is 11.6. The molecular weight excluding hydrogens is 302 g/mol. The third-order valence-corrected chi connectivity index (χ3v) is 3.13. The standard InChI is InChI=1S/C17H18F2N2O2/c1-2-4-12-7-9-13(10-8-12)23-11-20-17(22)21-16-14(18)5-3-6-15(16)19/h3,5-10H,2,4,11H2,1H3,(H2,20,21,22). The van der Waals surface area contributed by atoms with Crippen molar-refractivity contribution in [3.05, 3.63) is 59.7 Å². The molecule has 0 atom stereocenters. The fourth-order valence-electron chi connectivity index (χ4n) is 2.00. The Bertz CT molecular complexity index is 640. The van der Waals surface area contributed by atoms with E-state index >= 15 is 0 Å². The molecular formula is C17H18F2N2O2. The molecule has 6 heteroatoms. The van der Waals surface area contributed by atoms with Gasteiger partial charge < -0.3 is 15.4 Å². The number of ether oxygens (including phenoxy) is 1. The van der Waals surface area contributed by atoms with E-state index in [1.807, 2.05) is 12.1 Å². The van der Waals surface area contributed by atoms with Crippen molar-refractivity contribution in [2.45, 2.75) is 19.8 Å². The van der Waals surface area contributed by atoms with Crippen molar-refractivity contribution in [2.75, 3.05) is 12.0 Å². The van der Waals surface area contributed by atoms with Crippen LogP contribution < -0.4 is 15.4 Å². The quantitative estimate of drug-likeness (QED) is 0.788. The summed E-state index contributed by atoms with van der Waals surface area (Å²) in [5.74, 6) is -1.08. The van der Waals surface area contributed by atoms with Gasteiger partial charge in [-0.25, -0.2) is 13.6 Å². The molecule has 0 aliphatic rings. The third kappa shape index (κ3) is 4.95. The molecule has 2 N–H and O–H groups in total.